The molecule has 7 nitrogen and oxygen atoms in total. The molecule has 0 spiro atoms. The van der Waals surface area contributed by atoms with E-state index in [1.165, 1.54) is 17.8 Å². The van der Waals surface area contributed by atoms with Gasteiger partial charge in [-0.1, -0.05) is 6.07 Å². The van der Waals surface area contributed by atoms with E-state index in [-0.39, 0.29) is 5.78 Å². The lowest BCUT2D eigenvalue weighted by Gasteiger charge is -2.02. The Labute approximate surface area is 108 Å². The third-order valence-corrected chi connectivity index (χ3v) is 2.38. The summed E-state index contributed by atoms with van der Waals surface area (Å²) in [6, 6.07) is 5.17. The molecular formula is C12H12N4O3. The van der Waals surface area contributed by atoms with Gasteiger partial charge in [0.2, 0.25) is 0 Å². The highest BCUT2D eigenvalue weighted by Gasteiger charge is 2.05. The second kappa shape index (κ2) is 5.30. The second-order valence-corrected chi connectivity index (χ2v) is 3.93. The van der Waals surface area contributed by atoms with Gasteiger partial charge in [0.1, 0.15) is 5.69 Å². The van der Waals surface area contributed by atoms with E-state index in [0.29, 0.717) is 23.6 Å². The van der Waals surface area contributed by atoms with Crippen molar-refractivity contribution >= 4 is 17.6 Å². The third-order valence-electron chi connectivity index (χ3n) is 2.38. The first kappa shape index (κ1) is 12.7. The SMILES string of the molecule is CC(=O)c1cccc(Cn2cc(NC(=O)O)cn2)n1. The average molecular weight is 260 g/mol. The van der Waals surface area contributed by atoms with Crippen molar-refractivity contribution in [3.8, 4) is 0 Å². The maximum absolute atomic E-state index is 11.2. The van der Waals surface area contributed by atoms with Gasteiger partial charge in [0, 0.05) is 13.1 Å². The van der Waals surface area contributed by atoms with Gasteiger partial charge in [-0.2, -0.15) is 5.10 Å². The van der Waals surface area contributed by atoms with Crippen LogP contribution in [-0.4, -0.2) is 31.7 Å². The Hall–Kier alpha value is -2.70. The molecule has 0 saturated carbocycles. The summed E-state index contributed by atoms with van der Waals surface area (Å²) in [5.41, 5.74) is 1.46. The molecule has 0 aliphatic heterocycles. The van der Waals surface area contributed by atoms with Crippen LogP contribution >= 0.6 is 0 Å². The lowest BCUT2D eigenvalue weighted by molar-refractivity contribution is 0.101. The number of carboxylic acid groups (broad SMARTS) is 1. The Morgan fingerprint density at radius 3 is 2.89 bits per heavy atom. The van der Waals surface area contributed by atoms with Crippen molar-refractivity contribution in [3.63, 3.8) is 0 Å². The van der Waals surface area contributed by atoms with Crippen molar-refractivity contribution in [2.75, 3.05) is 5.32 Å². The molecule has 0 radical (unpaired) electrons. The fraction of sp³-hybridized carbons (Fsp3) is 0.167. The van der Waals surface area contributed by atoms with E-state index < -0.39 is 6.09 Å². The number of aromatic nitrogens is 3. The Balaban J connectivity index is 2.12. The molecular weight excluding hydrogens is 248 g/mol. The molecule has 0 aliphatic carbocycles. The molecule has 2 heterocycles. The smallest absolute Gasteiger partial charge is 0.409 e. The highest BCUT2D eigenvalue weighted by atomic mass is 16.4. The van der Waals surface area contributed by atoms with E-state index in [1.54, 1.807) is 24.4 Å². The number of carbonyl (C=O) groups excluding carboxylic acids is 1. The summed E-state index contributed by atoms with van der Waals surface area (Å²) in [6.07, 6.45) is 1.82. The topological polar surface area (TPSA) is 97.1 Å². The summed E-state index contributed by atoms with van der Waals surface area (Å²) in [4.78, 5) is 25.9. The Morgan fingerprint density at radius 1 is 1.42 bits per heavy atom. The van der Waals surface area contributed by atoms with Crippen LogP contribution in [0.2, 0.25) is 0 Å². The summed E-state index contributed by atoms with van der Waals surface area (Å²) in [5.74, 6) is -0.101. The molecule has 0 saturated heterocycles. The summed E-state index contributed by atoms with van der Waals surface area (Å²) in [6.45, 7) is 1.82. The predicted octanol–water partition coefficient (Wildman–Crippen LogP) is 1.62. The molecule has 2 N–H and O–H groups in total. The molecule has 0 aliphatic rings. The standard InChI is InChI=1S/C12H12N4O3/c1-8(17)11-4-2-3-9(14-11)6-16-7-10(5-13-16)15-12(18)19/h2-5,7,15H,6H2,1H3,(H,18,19). The number of amides is 1. The number of ketones is 1. The van der Waals surface area contributed by atoms with Crippen LogP contribution < -0.4 is 5.32 Å². The van der Waals surface area contributed by atoms with Crippen LogP contribution in [0.1, 0.15) is 23.1 Å². The Morgan fingerprint density at radius 2 is 2.21 bits per heavy atom. The van der Waals surface area contributed by atoms with Gasteiger partial charge in [-0.15, -0.1) is 0 Å². The molecule has 2 aromatic heterocycles. The van der Waals surface area contributed by atoms with Gasteiger partial charge < -0.3 is 5.11 Å². The molecule has 0 unspecified atom stereocenters. The third kappa shape index (κ3) is 3.38. The van der Waals surface area contributed by atoms with E-state index in [2.05, 4.69) is 15.4 Å². The maximum atomic E-state index is 11.2. The molecule has 98 valence electrons. The largest absolute Gasteiger partial charge is 0.465 e. The first-order valence-corrected chi connectivity index (χ1v) is 5.54. The minimum absolute atomic E-state index is 0.101. The summed E-state index contributed by atoms with van der Waals surface area (Å²) in [7, 11) is 0. The Bertz CT molecular complexity index is 621. The predicted molar refractivity (Wildman–Crippen MR) is 67.2 cm³/mol. The van der Waals surface area contributed by atoms with E-state index in [1.807, 2.05) is 0 Å². The zero-order valence-corrected chi connectivity index (χ0v) is 10.2. The second-order valence-electron chi connectivity index (χ2n) is 3.93. The number of hydrogen-bond donors (Lipinski definition) is 2. The highest BCUT2D eigenvalue weighted by molar-refractivity contribution is 5.92. The van der Waals surface area contributed by atoms with Crippen molar-refractivity contribution < 1.29 is 14.7 Å². The fourth-order valence-electron chi connectivity index (χ4n) is 1.57. The molecule has 0 aromatic carbocycles. The number of nitrogens with one attached hydrogen (secondary N) is 1. The number of hydrogen-bond acceptors (Lipinski definition) is 4. The van der Waals surface area contributed by atoms with Crippen LogP contribution in [0.5, 0.6) is 0 Å². The van der Waals surface area contributed by atoms with Crippen LogP contribution in [-0.2, 0) is 6.54 Å². The lowest BCUT2D eigenvalue weighted by atomic mass is 10.2. The normalized spacial score (nSPS) is 10.2. The summed E-state index contributed by atoms with van der Waals surface area (Å²) < 4.78 is 1.54. The first-order chi connectivity index (χ1) is 9.04. The van der Waals surface area contributed by atoms with E-state index >= 15 is 0 Å². The molecule has 0 atom stereocenters. The van der Waals surface area contributed by atoms with Crippen molar-refractivity contribution in [3.05, 3.63) is 42.0 Å². The number of nitrogens with zero attached hydrogens (tertiary/aromatic N) is 3. The zero-order valence-electron chi connectivity index (χ0n) is 10.2. The highest BCUT2D eigenvalue weighted by Crippen LogP contribution is 2.07. The van der Waals surface area contributed by atoms with Crippen LogP contribution in [0, 0.1) is 0 Å². The van der Waals surface area contributed by atoms with Gasteiger partial charge in [0.15, 0.2) is 5.78 Å². The van der Waals surface area contributed by atoms with Gasteiger partial charge in [-0.05, 0) is 12.1 Å². The first-order valence-electron chi connectivity index (χ1n) is 5.54. The molecule has 2 aromatic rings. The van der Waals surface area contributed by atoms with Gasteiger partial charge in [-0.3, -0.25) is 14.8 Å². The number of anilines is 1. The van der Waals surface area contributed by atoms with Crippen molar-refractivity contribution in [1.82, 2.24) is 14.8 Å². The van der Waals surface area contributed by atoms with Crippen molar-refractivity contribution in [1.29, 1.82) is 0 Å². The number of carbonyl (C=O) groups is 2. The minimum Gasteiger partial charge on any atom is -0.465 e. The van der Waals surface area contributed by atoms with Gasteiger partial charge in [0.05, 0.1) is 24.1 Å². The average Bonchev–Trinajstić information content (AvgIpc) is 2.76. The van der Waals surface area contributed by atoms with Crippen molar-refractivity contribution in [2.24, 2.45) is 0 Å². The summed E-state index contributed by atoms with van der Waals surface area (Å²) in [5, 5.41) is 14.8. The van der Waals surface area contributed by atoms with Gasteiger partial charge in [0.25, 0.3) is 0 Å². The van der Waals surface area contributed by atoms with Crippen molar-refractivity contribution in [2.45, 2.75) is 13.5 Å². The number of Topliss-reactive ketones (excluding diaryl/α,β-unsaturated/α-hetero) is 1. The summed E-state index contributed by atoms with van der Waals surface area (Å²) >= 11 is 0. The Kier molecular flexibility index (Phi) is 3.56. The molecule has 19 heavy (non-hydrogen) atoms. The minimum atomic E-state index is -1.14. The van der Waals surface area contributed by atoms with E-state index in [9.17, 15) is 9.59 Å². The maximum Gasteiger partial charge on any atom is 0.409 e. The van der Waals surface area contributed by atoms with Crippen LogP contribution in [0.25, 0.3) is 0 Å². The molecule has 7 heteroatoms. The van der Waals surface area contributed by atoms with E-state index in [0.717, 1.165) is 0 Å². The quantitative estimate of drug-likeness (QED) is 0.814. The van der Waals surface area contributed by atoms with Crippen LogP contribution in [0.4, 0.5) is 10.5 Å². The van der Waals surface area contributed by atoms with Crippen LogP contribution in [0.15, 0.2) is 30.6 Å². The molecule has 2 rings (SSSR count). The molecule has 1 amide bonds. The number of rotatable bonds is 4. The monoisotopic (exact) mass is 260 g/mol. The lowest BCUT2D eigenvalue weighted by Crippen LogP contribution is -2.07. The van der Waals surface area contributed by atoms with Gasteiger partial charge in [-0.25, -0.2) is 9.78 Å². The zero-order chi connectivity index (χ0) is 13.8. The van der Waals surface area contributed by atoms with Crippen LogP contribution in [0.3, 0.4) is 0 Å². The molecule has 0 bridgehead atoms. The number of pyridine rings is 1. The van der Waals surface area contributed by atoms with E-state index in [4.69, 9.17) is 5.11 Å². The fourth-order valence-corrected chi connectivity index (χ4v) is 1.57. The van der Waals surface area contributed by atoms with Gasteiger partial charge >= 0.3 is 6.09 Å². The molecule has 0 fully saturated rings.